The van der Waals surface area contributed by atoms with Gasteiger partial charge in [-0.25, -0.2) is 13.8 Å². The zero-order valence-electron chi connectivity index (χ0n) is 17.4. The molecule has 32 heavy (non-hydrogen) atoms. The lowest BCUT2D eigenvalue weighted by Crippen LogP contribution is -2.58. The molecule has 2 aromatic heterocycles. The second-order valence-electron chi connectivity index (χ2n) is 7.89. The van der Waals surface area contributed by atoms with Gasteiger partial charge >= 0.3 is 0 Å². The Bertz CT molecular complexity index is 1120. The fourth-order valence-corrected chi connectivity index (χ4v) is 4.43. The van der Waals surface area contributed by atoms with Crippen LogP contribution in [0.3, 0.4) is 0 Å². The summed E-state index contributed by atoms with van der Waals surface area (Å²) in [5, 5.41) is 14.7. The topological polar surface area (TPSA) is 110 Å². The number of carbonyl (C=O) groups excluding carboxylic acids is 1. The zero-order valence-corrected chi connectivity index (χ0v) is 18.2. The average molecular weight is 461 g/mol. The maximum absolute atomic E-state index is 14.0. The van der Waals surface area contributed by atoms with Crippen LogP contribution in [0.1, 0.15) is 42.4 Å². The molecule has 3 heterocycles. The molecular formula is C22H22F2N4O3S. The van der Waals surface area contributed by atoms with Crippen molar-refractivity contribution in [3.8, 4) is 10.6 Å². The minimum atomic E-state index is -1.17. The quantitative estimate of drug-likeness (QED) is 0.548. The molecule has 0 unspecified atom stereocenters. The van der Waals surface area contributed by atoms with Crippen LogP contribution < -0.4 is 11.1 Å². The molecule has 0 saturated carbocycles. The highest BCUT2D eigenvalue weighted by atomic mass is 32.1. The van der Waals surface area contributed by atoms with E-state index in [4.69, 9.17) is 10.5 Å². The van der Waals surface area contributed by atoms with E-state index in [2.05, 4.69) is 15.3 Å². The van der Waals surface area contributed by atoms with Crippen molar-refractivity contribution in [2.24, 2.45) is 5.73 Å². The highest BCUT2D eigenvalue weighted by Gasteiger charge is 2.43. The standard InChI is InChI=1S/C22H22F2N4O3S/c1-11-22(2,30)18(25)8-17(31-11)12-6-7-26-9-15(12)27-20(29)16-10-32-21(28-16)19-13(23)4-3-5-14(19)24/h3-7,9-11,17-18,30H,8,25H2,1-2H3,(H,27,29)/t11-,17-,18-,22-/m0/s1. The van der Waals surface area contributed by atoms with Gasteiger partial charge in [0.1, 0.15) is 27.9 Å². The van der Waals surface area contributed by atoms with Crippen LogP contribution in [0.4, 0.5) is 14.5 Å². The van der Waals surface area contributed by atoms with E-state index >= 15 is 0 Å². The number of anilines is 1. The Morgan fingerprint density at radius 2 is 2.06 bits per heavy atom. The number of halogens is 2. The number of hydrogen-bond donors (Lipinski definition) is 3. The van der Waals surface area contributed by atoms with E-state index in [0.717, 1.165) is 23.5 Å². The molecule has 1 aliphatic heterocycles. The van der Waals surface area contributed by atoms with E-state index in [-0.39, 0.29) is 16.3 Å². The number of carbonyl (C=O) groups is 1. The number of nitrogens with two attached hydrogens (primary N) is 1. The zero-order chi connectivity index (χ0) is 23.0. The van der Waals surface area contributed by atoms with Crippen molar-refractivity contribution < 1.29 is 23.4 Å². The molecule has 1 aliphatic rings. The van der Waals surface area contributed by atoms with Crippen LogP contribution in [-0.4, -0.2) is 38.7 Å². The second kappa shape index (κ2) is 8.62. The van der Waals surface area contributed by atoms with Crippen molar-refractivity contribution >= 4 is 22.9 Å². The van der Waals surface area contributed by atoms with Crippen molar-refractivity contribution in [3.63, 3.8) is 0 Å². The normalized spacial score (nSPS) is 25.5. The molecule has 10 heteroatoms. The summed E-state index contributed by atoms with van der Waals surface area (Å²) in [4.78, 5) is 21.0. The number of ether oxygens (including phenoxy) is 1. The number of aliphatic hydroxyl groups is 1. The lowest BCUT2D eigenvalue weighted by Gasteiger charge is -2.44. The molecule has 0 aliphatic carbocycles. The van der Waals surface area contributed by atoms with E-state index in [9.17, 15) is 18.7 Å². The third-order valence-electron chi connectivity index (χ3n) is 5.77. The van der Waals surface area contributed by atoms with Crippen molar-refractivity contribution in [1.82, 2.24) is 9.97 Å². The molecule has 0 spiro atoms. The van der Waals surface area contributed by atoms with Crippen LogP contribution in [0.15, 0.2) is 42.0 Å². The molecule has 0 bridgehead atoms. The first-order chi connectivity index (χ1) is 15.2. The monoisotopic (exact) mass is 460 g/mol. The van der Waals surface area contributed by atoms with Gasteiger partial charge in [-0.05, 0) is 38.5 Å². The molecule has 3 aromatic rings. The highest BCUT2D eigenvalue weighted by molar-refractivity contribution is 7.13. The molecule has 1 aromatic carbocycles. The molecule has 168 valence electrons. The Morgan fingerprint density at radius 3 is 2.75 bits per heavy atom. The van der Waals surface area contributed by atoms with Gasteiger partial charge in [-0.2, -0.15) is 0 Å². The second-order valence-corrected chi connectivity index (χ2v) is 8.74. The fraction of sp³-hybridized carbons (Fsp3) is 0.318. The minimum Gasteiger partial charge on any atom is -0.386 e. The molecule has 4 N–H and O–H groups in total. The first-order valence-corrected chi connectivity index (χ1v) is 10.8. The SMILES string of the molecule is C[C@@H]1O[C@H](c2ccncc2NC(=O)c2csc(-c3c(F)cccc3F)n2)C[C@H](N)[C@@]1(C)O. The van der Waals surface area contributed by atoms with Gasteiger partial charge in [-0.1, -0.05) is 6.07 Å². The summed E-state index contributed by atoms with van der Waals surface area (Å²) in [6.45, 7) is 3.37. The number of benzene rings is 1. The van der Waals surface area contributed by atoms with Gasteiger partial charge in [0.15, 0.2) is 0 Å². The summed E-state index contributed by atoms with van der Waals surface area (Å²) in [6.07, 6.45) is 2.40. The molecule has 1 saturated heterocycles. The third-order valence-corrected chi connectivity index (χ3v) is 6.63. The number of hydrogen-bond acceptors (Lipinski definition) is 7. The Kier molecular flexibility index (Phi) is 6.04. The van der Waals surface area contributed by atoms with E-state index in [1.54, 1.807) is 26.1 Å². The highest BCUT2D eigenvalue weighted by Crippen LogP contribution is 2.38. The van der Waals surface area contributed by atoms with Gasteiger partial charge < -0.3 is 20.9 Å². The van der Waals surface area contributed by atoms with Crippen molar-refractivity contribution in [3.05, 3.63) is 64.9 Å². The van der Waals surface area contributed by atoms with Crippen LogP contribution in [0, 0.1) is 11.6 Å². The number of thiazole rings is 1. The Morgan fingerprint density at radius 1 is 1.34 bits per heavy atom. The number of aromatic nitrogens is 2. The maximum Gasteiger partial charge on any atom is 0.275 e. The van der Waals surface area contributed by atoms with Gasteiger partial charge in [0.25, 0.3) is 5.91 Å². The van der Waals surface area contributed by atoms with E-state index in [1.165, 1.54) is 17.6 Å². The summed E-state index contributed by atoms with van der Waals surface area (Å²) in [5.41, 5.74) is 5.77. The van der Waals surface area contributed by atoms with Crippen LogP contribution in [0.2, 0.25) is 0 Å². The minimum absolute atomic E-state index is 0.0139. The summed E-state index contributed by atoms with van der Waals surface area (Å²) >= 11 is 0.966. The number of nitrogens with zero attached hydrogens (tertiary/aromatic N) is 2. The molecule has 4 rings (SSSR count). The van der Waals surface area contributed by atoms with Crippen LogP contribution in [0.25, 0.3) is 10.6 Å². The van der Waals surface area contributed by atoms with Crippen LogP contribution in [-0.2, 0) is 4.74 Å². The molecule has 1 amide bonds. The molecule has 7 nitrogen and oxygen atoms in total. The Hall–Kier alpha value is -2.79. The summed E-state index contributed by atoms with van der Waals surface area (Å²) in [7, 11) is 0. The summed E-state index contributed by atoms with van der Waals surface area (Å²) in [6, 6.07) is 4.72. The van der Waals surface area contributed by atoms with Gasteiger partial charge in [-0.3, -0.25) is 9.78 Å². The lowest BCUT2D eigenvalue weighted by molar-refractivity contribution is -0.171. The average Bonchev–Trinajstić information content (AvgIpc) is 3.22. The number of nitrogens with one attached hydrogen (secondary N) is 1. The van der Waals surface area contributed by atoms with Crippen LogP contribution in [0.5, 0.6) is 0 Å². The molecule has 0 radical (unpaired) electrons. The van der Waals surface area contributed by atoms with Gasteiger partial charge in [0, 0.05) is 23.2 Å². The smallest absolute Gasteiger partial charge is 0.275 e. The van der Waals surface area contributed by atoms with E-state index in [0.29, 0.717) is 17.7 Å². The Balaban J connectivity index is 1.56. The van der Waals surface area contributed by atoms with Crippen molar-refractivity contribution in [2.75, 3.05) is 5.32 Å². The number of pyridine rings is 1. The van der Waals surface area contributed by atoms with E-state index in [1.807, 2.05) is 0 Å². The lowest BCUT2D eigenvalue weighted by atomic mass is 9.83. The van der Waals surface area contributed by atoms with Gasteiger partial charge in [0.2, 0.25) is 0 Å². The number of amides is 1. The predicted octanol–water partition coefficient (Wildman–Crippen LogP) is 3.66. The first-order valence-electron chi connectivity index (χ1n) is 9.97. The summed E-state index contributed by atoms with van der Waals surface area (Å²) < 4.78 is 34.1. The largest absolute Gasteiger partial charge is 0.386 e. The molecular weight excluding hydrogens is 438 g/mol. The van der Waals surface area contributed by atoms with E-state index < -0.39 is 41.4 Å². The predicted molar refractivity (Wildman–Crippen MR) is 116 cm³/mol. The first kappa shape index (κ1) is 22.4. The molecule has 1 fully saturated rings. The third kappa shape index (κ3) is 4.14. The van der Waals surface area contributed by atoms with Gasteiger partial charge in [-0.15, -0.1) is 11.3 Å². The Labute approximate surface area is 187 Å². The van der Waals surface area contributed by atoms with Crippen molar-refractivity contribution in [1.29, 1.82) is 0 Å². The van der Waals surface area contributed by atoms with Crippen molar-refractivity contribution in [2.45, 2.75) is 44.1 Å². The van der Waals surface area contributed by atoms with Gasteiger partial charge in [0.05, 0.1) is 29.7 Å². The summed E-state index contributed by atoms with van der Waals surface area (Å²) in [5.74, 6) is -2.06. The van der Waals surface area contributed by atoms with Crippen LogP contribution >= 0.6 is 11.3 Å². The number of rotatable bonds is 4. The molecule has 4 atom stereocenters. The fourth-order valence-electron chi connectivity index (χ4n) is 3.58. The maximum atomic E-state index is 14.0.